The molecule has 264 valence electrons. The van der Waals surface area contributed by atoms with Gasteiger partial charge in [-0.05, 0) is 68.6 Å². The lowest BCUT2D eigenvalue weighted by molar-refractivity contribution is -0.173. The number of ether oxygens (including phenoxy) is 5. The van der Waals surface area contributed by atoms with E-state index < -0.39 is 47.9 Å². The van der Waals surface area contributed by atoms with Crippen LogP contribution < -0.4 is 0 Å². The van der Waals surface area contributed by atoms with Crippen LogP contribution in [0.15, 0.2) is 37.5 Å². The van der Waals surface area contributed by atoms with Gasteiger partial charge in [-0.25, -0.2) is 9.59 Å². The highest BCUT2D eigenvalue weighted by Crippen LogP contribution is 2.42. The monoisotopic (exact) mass is 662 g/mol. The lowest BCUT2D eigenvalue weighted by Crippen LogP contribution is -2.43. The van der Waals surface area contributed by atoms with Crippen LogP contribution in [0.1, 0.15) is 78.1 Å². The van der Waals surface area contributed by atoms with Gasteiger partial charge >= 0.3 is 23.9 Å². The Morgan fingerprint density at radius 3 is 2.02 bits per heavy atom. The summed E-state index contributed by atoms with van der Waals surface area (Å²) in [5.41, 5.74) is 0. The third kappa shape index (κ3) is 11.9. The average Bonchev–Trinajstić information content (AvgIpc) is 3.07. The highest BCUT2D eigenvalue weighted by atomic mass is 16.6. The molecule has 2 N–H and O–H groups in total. The Morgan fingerprint density at radius 1 is 0.809 bits per heavy atom. The van der Waals surface area contributed by atoms with Crippen LogP contribution in [0.3, 0.4) is 0 Å². The van der Waals surface area contributed by atoms with E-state index >= 15 is 0 Å². The van der Waals surface area contributed by atoms with Gasteiger partial charge < -0.3 is 33.9 Å². The van der Waals surface area contributed by atoms with Gasteiger partial charge in [0.2, 0.25) is 0 Å². The maximum Gasteiger partial charge on any atom is 0.330 e. The predicted octanol–water partition coefficient (Wildman–Crippen LogP) is 4.81. The van der Waals surface area contributed by atoms with E-state index in [4.69, 9.17) is 23.7 Å². The third-order valence-electron chi connectivity index (χ3n) is 9.92. The Labute approximate surface area is 278 Å². The van der Waals surface area contributed by atoms with E-state index in [0.717, 1.165) is 63.5 Å². The molecule has 2 fully saturated rings. The SMILES string of the molecule is C=CC(=O)OCC(O)COC1C(CC)CCCC1CC1CCCC(C)C1OCC(COC(=O)C=C)OC(=O)C1CC=CCC1C(=O)O. The second kappa shape index (κ2) is 19.7. The molecule has 11 heteroatoms. The summed E-state index contributed by atoms with van der Waals surface area (Å²) in [5.74, 6) is -3.59. The Bertz CT molecular complexity index is 1090. The average molecular weight is 663 g/mol. The largest absolute Gasteiger partial charge is 0.481 e. The van der Waals surface area contributed by atoms with Gasteiger partial charge in [-0.3, -0.25) is 9.59 Å². The number of rotatable bonds is 18. The summed E-state index contributed by atoms with van der Waals surface area (Å²) in [6, 6.07) is 0. The van der Waals surface area contributed by atoms with E-state index in [2.05, 4.69) is 27.0 Å². The van der Waals surface area contributed by atoms with Crippen LogP contribution in [0.4, 0.5) is 0 Å². The van der Waals surface area contributed by atoms with Crippen molar-refractivity contribution in [3.05, 3.63) is 37.5 Å². The molecule has 0 spiro atoms. The Balaban J connectivity index is 1.68. The smallest absolute Gasteiger partial charge is 0.330 e. The Morgan fingerprint density at radius 2 is 1.38 bits per heavy atom. The quantitative estimate of drug-likeness (QED) is 0.0900. The third-order valence-corrected chi connectivity index (χ3v) is 9.92. The first kappa shape index (κ1) is 38.4. The molecule has 10 unspecified atom stereocenters. The molecule has 3 aliphatic carbocycles. The summed E-state index contributed by atoms with van der Waals surface area (Å²) in [7, 11) is 0. The van der Waals surface area contributed by atoms with E-state index in [1.165, 1.54) is 0 Å². The zero-order valence-corrected chi connectivity index (χ0v) is 28.0. The second-order valence-corrected chi connectivity index (χ2v) is 13.2. The topological polar surface area (TPSA) is 155 Å². The summed E-state index contributed by atoms with van der Waals surface area (Å²) in [6.07, 6.45) is 12.1. The molecule has 3 aliphatic rings. The van der Waals surface area contributed by atoms with E-state index in [1.807, 2.05) is 0 Å². The molecule has 0 aromatic heterocycles. The van der Waals surface area contributed by atoms with Crippen molar-refractivity contribution in [3.8, 4) is 0 Å². The molecule has 0 saturated heterocycles. The molecule has 47 heavy (non-hydrogen) atoms. The highest BCUT2D eigenvalue weighted by Gasteiger charge is 2.40. The fourth-order valence-corrected chi connectivity index (χ4v) is 7.43. The standard InChI is InChI=1S/C36H54O11/c1-5-24-13-11-15-26(34(24)45-20-27(37)19-43-31(38)6-2)18-25-14-10-12-23(4)33(25)46-22-28(21-44-32(39)7-3)47-36(42)30-17-9-8-16-29(30)35(40)41/h6-9,23-30,33-34,37H,2-3,5,10-22H2,1,4H3,(H,40,41). The van der Waals surface area contributed by atoms with E-state index in [-0.39, 0.29) is 69.2 Å². The number of carboxylic acid groups (broad SMARTS) is 1. The molecule has 0 heterocycles. The normalized spacial score (nSPS) is 30.4. The zero-order valence-electron chi connectivity index (χ0n) is 28.0. The minimum Gasteiger partial charge on any atom is -0.481 e. The Kier molecular flexibility index (Phi) is 16.1. The van der Waals surface area contributed by atoms with Crippen LogP contribution in [0.5, 0.6) is 0 Å². The van der Waals surface area contributed by atoms with E-state index in [1.54, 1.807) is 12.2 Å². The maximum atomic E-state index is 13.2. The van der Waals surface area contributed by atoms with Gasteiger partial charge in [-0.1, -0.05) is 58.4 Å². The highest BCUT2D eigenvalue weighted by molar-refractivity contribution is 5.82. The number of hydrogen-bond acceptors (Lipinski definition) is 10. The summed E-state index contributed by atoms with van der Waals surface area (Å²) < 4.78 is 28.9. The number of carbonyl (C=O) groups excluding carboxylic acids is 3. The van der Waals surface area contributed by atoms with Gasteiger partial charge in [0.05, 0.1) is 37.3 Å². The van der Waals surface area contributed by atoms with Crippen molar-refractivity contribution in [1.82, 2.24) is 0 Å². The molecule has 3 rings (SSSR count). The number of aliphatic carboxylic acids is 1. The molecule has 0 aromatic carbocycles. The summed E-state index contributed by atoms with van der Waals surface area (Å²) >= 11 is 0. The first-order valence-corrected chi connectivity index (χ1v) is 17.2. The lowest BCUT2D eigenvalue weighted by Gasteiger charge is -2.43. The number of carbonyl (C=O) groups is 4. The first-order valence-electron chi connectivity index (χ1n) is 17.2. The fraction of sp³-hybridized carbons (Fsp3) is 0.722. The van der Waals surface area contributed by atoms with Gasteiger partial charge in [0, 0.05) is 12.2 Å². The van der Waals surface area contributed by atoms with Crippen LogP contribution in [-0.4, -0.2) is 84.9 Å². The number of aliphatic hydroxyl groups excluding tert-OH is 1. The van der Waals surface area contributed by atoms with Gasteiger partial charge in [0.1, 0.15) is 19.3 Å². The molecule has 0 aliphatic heterocycles. The van der Waals surface area contributed by atoms with Crippen LogP contribution >= 0.6 is 0 Å². The minimum atomic E-state index is -1.05. The molecule has 10 atom stereocenters. The first-order chi connectivity index (χ1) is 22.6. The van der Waals surface area contributed by atoms with Crippen molar-refractivity contribution < 1.29 is 53.1 Å². The minimum absolute atomic E-state index is 0.000230. The van der Waals surface area contributed by atoms with Crippen LogP contribution in [0, 0.1) is 35.5 Å². The van der Waals surface area contributed by atoms with Gasteiger partial charge in [0.15, 0.2) is 6.10 Å². The number of aliphatic hydroxyl groups is 1. The number of hydrogen-bond donors (Lipinski definition) is 2. The molecular formula is C36H54O11. The number of esters is 3. The van der Waals surface area contributed by atoms with Crippen molar-refractivity contribution in [3.63, 3.8) is 0 Å². The zero-order chi connectivity index (χ0) is 34.3. The molecule has 11 nitrogen and oxygen atoms in total. The van der Waals surface area contributed by atoms with Gasteiger partial charge in [-0.15, -0.1) is 0 Å². The van der Waals surface area contributed by atoms with Crippen LogP contribution in [0.2, 0.25) is 0 Å². The van der Waals surface area contributed by atoms with Crippen molar-refractivity contribution in [2.45, 2.75) is 102 Å². The van der Waals surface area contributed by atoms with E-state index in [9.17, 15) is 29.4 Å². The molecular weight excluding hydrogens is 608 g/mol. The van der Waals surface area contributed by atoms with Gasteiger partial charge in [-0.2, -0.15) is 0 Å². The molecule has 0 amide bonds. The molecule has 0 bridgehead atoms. The second-order valence-electron chi connectivity index (χ2n) is 13.2. The molecule has 2 saturated carbocycles. The predicted molar refractivity (Wildman–Crippen MR) is 173 cm³/mol. The maximum absolute atomic E-state index is 13.2. The number of carboxylic acids is 1. The summed E-state index contributed by atoms with van der Waals surface area (Å²) in [6.45, 7) is 10.8. The van der Waals surface area contributed by atoms with Crippen molar-refractivity contribution in [1.29, 1.82) is 0 Å². The van der Waals surface area contributed by atoms with Crippen LogP contribution in [0.25, 0.3) is 0 Å². The summed E-state index contributed by atoms with van der Waals surface area (Å²) in [4.78, 5) is 48.3. The van der Waals surface area contributed by atoms with Gasteiger partial charge in [0.25, 0.3) is 0 Å². The Hall–Kier alpha value is -3.02. The molecule has 0 radical (unpaired) electrons. The molecule has 0 aromatic rings. The lowest BCUT2D eigenvalue weighted by atomic mass is 9.69. The van der Waals surface area contributed by atoms with Crippen molar-refractivity contribution >= 4 is 23.9 Å². The van der Waals surface area contributed by atoms with Crippen LogP contribution in [-0.2, 0) is 42.9 Å². The van der Waals surface area contributed by atoms with E-state index in [0.29, 0.717) is 5.92 Å². The fourth-order valence-electron chi connectivity index (χ4n) is 7.43. The number of allylic oxidation sites excluding steroid dienone is 2. The summed E-state index contributed by atoms with van der Waals surface area (Å²) in [5, 5.41) is 20.1. The van der Waals surface area contributed by atoms with Crippen molar-refractivity contribution in [2.24, 2.45) is 35.5 Å². The van der Waals surface area contributed by atoms with Crippen molar-refractivity contribution in [2.75, 3.05) is 26.4 Å².